The van der Waals surface area contributed by atoms with E-state index in [1.807, 2.05) is 0 Å². The van der Waals surface area contributed by atoms with Gasteiger partial charge in [-0.15, -0.1) is 0 Å². The molecule has 0 radical (unpaired) electrons. The van der Waals surface area contributed by atoms with Gasteiger partial charge in [0.05, 0.1) is 9.82 Å². The predicted octanol–water partition coefficient (Wildman–Crippen LogP) is 0.278. The number of carbonyl (C=O) groups excluding carboxylic acids is 1. The van der Waals surface area contributed by atoms with Crippen LogP contribution in [0.1, 0.15) is 10.4 Å². The minimum absolute atomic E-state index is 0.237. The van der Waals surface area contributed by atoms with Gasteiger partial charge in [-0.05, 0) is 12.1 Å². The Morgan fingerprint density at radius 1 is 1.40 bits per heavy atom. The lowest BCUT2D eigenvalue weighted by Gasteiger charge is -2.04. The maximum atomic E-state index is 12.0. The predicted molar refractivity (Wildman–Crippen MR) is 66.0 cm³/mol. The summed E-state index contributed by atoms with van der Waals surface area (Å²) >= 11 is 0. The Bertz CT molecular complexity index is 782. The van der Waals surface area contributed by atoms with Gasteiger partial charge in [0, 0.05) is 12.3 Å². The van der Waals surface area contributed by atoms with Gasteiger partial charge < -0.3 is 0 Å². The summed E-state index contributed by atoms with van der Waals surface area (Å²) in [6.45, 7) is 0. The number of nitrogens with zero attached hydrogens (tertiary/aromatic N) is 4. The number of carbonyl (C=O) groups is 1. The van der Waals surface area contributed by atoms with E-state index < -0.39 is 26.4 Å². The molecule has 0 spiro atoms. The van der Waals surface area contributed by atoms with Crippen molar-refractivity contribution in [3.8, 4) is 0 Å². The first-order valence-corrected chi connectivity index (χ1v) is 7.07. The van der Waals surface area contributed by atoms with Gasteiger partial charge in [-0.25, -0.2) is 13.4 Å². The second-order valence-electron chi connectivity index (χ2n) is 3.85. The fourth-order valence-corrected chi connectivity index (χ4v) is 2.15. The van der Waals surface area contributed by atoms with Crippen LogP contribution in [0.15, 0.2) is 35.7 Å². The standard InChI is InChI=1S/C10H8N4O5S/c1-20(18,19)7-2-3-8(9(4-7)14(16)17)10(15)13-6-11-5-12-13/h2-6H,1H3. The maximum absolute atomic E-state index is 12.0. The highest BCUT2D eigenvalue weighted by molar-refractivity contribution is 7.90. The van der Waals surface area contributed by atoms with Gasteiger partial charge in [-0.2, -0.15) is 9.78 Å². The van der Waals surface area contributed by atoms with Crippen LogP contribution in [0.4, 0.5) is 5.69 Å². The summed E-state index contributed by atoms with van der Waals surface area (Å²) < 4.78 is 23.6. The minimum Gasteiger partial charge on any atom is -0.266 e. The van der Waals surface area contributed by atoms with E-state index in [1.54, 1.807) is 0 Å². The van der Waals surface area contributed by atoms with Crippen LogP contribution in [0.3, 0.4) is 0 Å². The van der Waals surface area contributed by atoms with Crippen molar-refractivity contribution in [2.24, 2.45) is 0 Å². The van der Waals surface area contributed by atoms with Gasteiger partial charge in [-0.3, -0.25) is 14.9 Å². The minimum atomic E-state index is -3.61. The Labute approximate surface area is 112 Å². The fourth-order valence-electron chi connectivity index (χ4n) is 1.51. The van der Waals surface area contributed by atoms with E-state index in [2.05, 4.69) is 10.1 Å². The van der Waals surface area contributed by atoms with Crippen molar-refractivity contribution < 1.29 is 18.1 Å². The molecular weight excluding hydrogens is 288 g/mol. The Morgan fingerprint density at radius 2 is 2.10 bits per heavy atom. The number of rotatable bonds is 3. The summed E-state index contributed by atoms with van der Waals surface area (Å²) in [4.78, 5) is 25.5. The van der Waals surface area contributed by atoms with Crippen LogP contribution in [0.5, 0.6) is 0 Å². The van der Waals surface area contributed by atoms with Crippen LogP contribution in [-0.2, 0) is 9.84 Å². The summed E-state index contributed by atoms with van der Waals surface area (Å²) in [6.07, 6.45) is 3.12. The molecule has 2 aromatic rings. The third-order valence-electron chi connectivity index (χ3n) is 2.45. The zero-order valence-corrected chi connectivity index (χ0v) is 10.9. The Kier molecular flexibility index (Phi) is 3.32. The zero-order chi connectivity index (χ0) is 14.9. The summed E-state index contributed by atoms with van der Waals surface area (Å²) in [6, 6.07) is 3.06. The van der Waals surface area contributed by atoms with Crippen LogP contribution in [0, 0.1) is 10.1 Å². The van der Waals surface area contributed by atoms with Crippen molar-refractivity contribution >= 4 is 21.4 Å². The van der Waals surface area contributed by atoms with Gasteiger partial charge in [0.25, 0.3) is 11.6 Å². The number of aromatic nitrogens is 3. The monoisotopic (exact) mass is 296 g/mol. The lowest BCUT2D eigenvalue weighted by atomic mass is 10.1. The molecule has 0 aliphatic carbocycles. The van der Waals surface area contributed by atoms with Crippen molar-refractivity contribution in [2.75, 3.05) is 6.26 Å². The van der Waals surface area contributed by atoms with Crippen molar-refractivity contribution in [1.82, 2.24) is 14.8 Å². The Hall–Kier alpha value is -2.62. The third kappa shape index (κ3) is 2.54. The van der Waals surface area contributed by atoms with E-state index in [0.29, 0.717) is 0 Å². The van der Waals surface area contributed by atoms with Crippen LogP contribution >= 0.6 is 0 Å². The average molecular weight is 296 g/mol. The number of nitro groups is 1. The second kappa shape index (κ2) is 4.81. The Balaban J connectivity index is 2.60. The fraction of sp³-hybridized carbons (Fsp3) is 0.100. The molecular formula is C10H8N4O5S. The summed E-state index contributed by atoms with van der Waals surface area (Å²) in [5.74, 6) is -0.769. The van der Waals surface area contributed by atoms with Crippen LogP contribution in [0.2, 0.25) is 0 Å². The van der Waals surface area contributed by atoms with Crippen LogP contribution < -0.4 is 0 Å². The molecule has 0 fully saturated rings. The van der Waals surface area contributed by atoms with Crippen molar-refractivity contribution in [3.05, 3.63) is 46.5 Å². The lowest BCUT2D eigenvalue weighted by molar-refractivity contribution is -0.385. The quantitative estimate of drug-likeness (QED) is 0.588. The number of nitro benzene ring substituents is 1. The molecule has 10 heteroatoms. The van der Waals surface area contributed by atoms with E-state index in [0.717, 1.165) is 41.8 Å². The molecule has 1 aromatic heterocycles. The molecule has 2 rings (SSSR count). The van der Waals surface area contributed by atoms with Crippen LogP contribution in [0.25, 0.3) is 0 Å². The first-order valence-electron chi connectivity index (χ1n) is 5.18. The normalized spacial score (nSPS) is 11.2. The molecule has 0 aliphatic rings. The van der Waals surface area contributed by atoms with Gasteiger partial charge in [0.2, 0.25) is 0 Å². The van der Waals surface area contributed by atoms with E-state index in [1.165, 1.54) is 0 Å². The molecule has 20 heavy (non-hydrogen) atoms. The van der Waals surface area contributed by atoms with Crippen molar-refractivity contribution in [3.63, 3.8) is 0 Å². The average Bonchev–Trinajstić information content (AvgIpc) is 2.89. The zero-order valence-electron chi connectivity index (χ0n) is 10.1. The van der Waals surface area contributed by atoms with Crippen LogP contribution in [-0.4, -0.2) is 40.3 Å². The van der Waals surface area contributed by atoms with Gasteiger partial charge in [0.15, 0.2) is 9.84 Å². The third-order valence-corrected chi connectivity index (χ3v) is 3.56. The topological polar surface area (TPSA) is 125 Å². The molecule has 104 valence electrons. The van der Waals surface area contributed by atoms with E-state index in [-0.39, 0.29) is 10.5 Å². The molecule has 0 aliphatic heterocycles. The SMILES string of the molecule is CS(=O)(=O)c1ccc(C(=O)n2cncn2)c([N+](=O)[O-])c1. The van der Waals surface area contributed by atoms with E-state index >= 15 is 0 Å². The Morgan fingerprint density at radius 3 is 2.60 bits per heavy atom. The van der Waals surface area contributed by atoms with E-state index in [9.17, 15) is 23.3 Å². The molecule has 0 N–H and O–H groups in total. The number of hydrogen-bond donors (Lipinski definition) is 0. The van der Waals surface area contributed by atoms with Gasteiger partial charge >= 0.3 is 0 Å². The van der Waals surface area contributed by atoms with Crippen molar-refractivity contribution in [1.29, 1.82) is 0 Å². The van der Waals surface area contributed by atoms with Gasteiger partial charge in [-0.1, -0.05) is 0 Å². The smallest absolute Gasteiger partial charge is 0.266 e. The summed E-state index contributed by atoms with van der Waals surface area (Å²) in [5.41, 5.74) is -0.874. The molecule has 1 heterocycles. The largest absolute Gasteiger partial charge is 0.286 e. The first kappa shape index (κ1) is 13.8. The molecule has 0 bridgehead atoms. The highest BCUT2D eigenvalue weighted by atomic mass is 32.2. The first-order chi connectivity index (χ1) is 9.30. The lowest BCUT2D eigenvalue weighted by Crippen LogP contribution is -2.15. The molecule has 0 saturated heterocycles. The molecule has 0 atom stereocenters. The summed E-state index contributed by atoms with van der Waals surface area (Å²) in [7, 11) is -3.61. The maximum Gasteiger partial charge on any atom is 0.286 e. The van der Waals surface area contributed by atoms with Crippen molar-refractivity contribution in [2.45, 2.75) is 4.90 Å². The van der Waals surface area contributed by atoms with Gasteiger partial charge in [0.1, 0.15) is 18.2 Å². The molecule has 0 amide bonds. The van der Waals surface area contributed by atoms with E-state index in [4.69, 9.17) is 0 Å². The number of sulfone groups is 1. The molecule has 1 aromatic carbocycles. The molecule has 0 saturated carbocycles. The molecule has 9 nitrogen and oxygen atoms in total. The molecule has 0 unspecified atom stereocenters. The number of hydrogen-bond acceptors (Lipinski definition) is 7. The number of benzene rings is 1. The summed E-state index contributed by atoms with van der Waals surface area (Å²) in [5, 5.41) is 14.6. The highest BCUT2D eigenvalue weighted by Gasteiger charge is 2.24. The second-order valence-corrected chi connectivity index (χ2v) is 5.87. The highest BCUT2D eigenvalue weighted by Crippen LogP contribution is 2.23.